The van der Waals surface area contributed by atoms with Crippen LogP contribution in [0, 0.1) is 23.0 Å². The van der Waals surface area contributed by atoms with E-state index in [2.05, 4.69) is 0 Å². The maximum Gasteiger partial charge on any atom is 0.395 e. The Morgan fingerprint density at radius 3 is 2.20 bits per heavy atom. The molecule has 0 unspecified atom stereocenters. The third kappa shape index (κ3) is 5.84. The maximum atomic E-state index is 14.9. The number of aliphatic hydroxyl groups excluding tert-OH is 1. The molecule has 0 bridgehead atoms. The van der Waals surface area contributed by atoms with Crippen LogP contribution in [0.1, 0.15) is 55.3 Å². The monoisotopic (exact) mass is 566 g/mol. The molecular weight excluding hydrogens is 531 g/mol. The second kappa shape index (κ2) is 11.6. The van der Waals surface area contributed by atoms with Crippen LogP contribution < -0.4 is 4.74 Å². The van der Waals surface area contributed by atoms with Crippen LogP contribution in [0.5, 0.6) is 5.75 Å². The van der Waals surface area contributed by atoms with Gasteiger partial charge in [0.1, 0.15) is 5.82 Å². The van der Waals surface area contributed by atoms with E-state index in [-0.39, 0.29) is 55.9 Å². The fourth-order valence-corrected chi connectivity index (χ4v) is 6.19. The first-order valence-electron chi connectivity index (χ1n) is 14.0. The number of benzene rings is 2. The summed E-state index contributed by atoms with van der Waals surface area (Å²) in [5.74, 6) is -1.59. The molecule has 3 fully saturated rings. The SMILES string of the molecule is O=C(c1ccc(-c2ccc(OCC3CCN(CC4(C(F)(F)F)CCC4)CC3)c(F)c2)cc1F)N1CCC[C@@H]1CO. The summed E-state index contributed by atoms with van der Waals surface area (Å²) in [7, 11) is 0. The van der Waals surface area contributed by atoms with Gasteiger partial charge in [-0.15, -0.1) is 0 Å². The van der Waals surface area contributed by atoms with E-state index in [4.69, 9.17) is 4.74 Å². The van der Waals surface area contributed by atoms with Gasteiger partial charge in [0.2, 0.25) is 0 Å². The molecule has 1 atom stereocenters. The lowest BCUT2D eigenvalue weighted by Gasteiger charge is -2.47. The van der Waals surface area contributed by atoms with Gasteiger partial charge in [0.25, 0.3) is 5.91 Å². The van der Waals surface area contributed by atoms with Gasteiger partial charge in [-0.1, -0.05) is 18.6 Å². The fraction of sp³-hybridized carbons (Fsp3) is 0.567. The summed E-state index contributed by atoms with van der Waals surface area (Å²) in [5.41, 5.74) is -0.802. The Morgan fingerprint density at radius 2 is 1.62 bits per heavy atom. The molecular formula is C30H35F5N2O3. The molecule has 2 saturated heterocycles. The number of aliphatic hydroxyl groups is 1. The third-order valence-corrected chi connectivity index (χ3v) is 8.93. The van der Waals surface area contributed by atoms with Gasteiger partial charge in [-0.3, -0.25) is 4.79 Å². The lowest BCUT2D eigenvalue weighted by molar-refractivity contribution is -0.256. The molecule has 218 valence electrons. The number of halogens is 5. The molecule has 3 aliphatic rings. The highest BCUT2D eigenvalue weighted by Gasteiger charge is 2.58. The summed E-state index contributed by atoms with van der Waals surface area (Å²) in [4.78, 5) is 16.2. The van der Waals surface area contributed by atoms with Crippen LogP contribution in [0.4, 0.5) is 22.0 Å². The van der Waals surface area contributed by atoms with Crippen molar-refractivity contribution in [3.05, 3.63) is 53.6 Å². The molecule has 5 nitrogen and oxygen atoms in total. The fourth-order valence-electron chi connectivity index (χ4n) is 6.19. The van der Waals surface area contributed by atoms with Crippen LogP contribution >= 0.6 is 0 Å². The van der Waals surface area contributed by atoms with Crippen molar-refractivity contribution in [2.75, 3.05) is 39.4 Å². The highest BCUT2D eigenvalue weighted by molar-refractivity contribution is 5.95. The van der Waals surface area contributed by atoms with Crippen molar-refractivity contribution in [1.29, 1.82) is 0 Å². The Morgan fingerprint density at radius 1 is 0.950 bits per heavy atom. The van der Waals surface area contributed by atoms with E-state index in [1.54, 1.807) is 12.1 Å². The summed E-state index contributed by atoms with van der Waals surface area (Å²) in [5, 5.41) is 9.47. The number of amides is 1. The zero-order valence-corrected chi connectivity index (χ0v) is 22.4. The summed E-state index contributed by atoms with van der Waals surface area (Å²) >= 11 is 0. The van der Waals surface area contributed by atoms with E-state index in [1.165, 1.54) is 29.2 Å². The molecule has 0 spiro atoms. The summed E-state index contributed by atoms with van der Waals surface area (Å²) in [6.45, 7) is 1.75. The minimum atomic E-state index is -4.17. The molecule has 2 heterocycles. The molecule has 1 amide bonds. The molecule has 0 radical (unpaired) electrons. The highest BCUT2D eigenvalue weighted by atomic mass is 19.4. The Hall–Kier alpha value is -2.72. The molecule has 2 aromatic rings. The quantitative estimate of drug-likeness (QED) is 0.396. The van der Waals surface area contributed by atoms with Crippen molar-refractivity contribution in [2.24, 2.45) is 11.3 Å². The van der Waals surface area contributed by atoms with Gasteiger partial charge >= 0.3 is 6.18 Å². The zero-order valence-electron chi connectivity index (χ0n) is 22.4. The molecule has 1 N–H and O–H groups in total. The number of likely N-dealkylation sites (tertiary alicyclic amines) is 2. The largest absolute Gasteiger partial charge is 0.490 e. The van der Waals surface area contributed by atoms with Gasteiger partial charge in [-0.25, -0.2) is 8.78 Å². The first-order chi connectivity index (χ1) is 19.1. The molecule has 2 aromatic carbocycles. The Kier molecular flexibility index (Phi) is 8.38. The third-order valence-electron chi connectivity index (χ3n) is 8.93. The molecule has 1 saturated carbocycles. The second-order valence-electron chi connectivity index (χ2n) is 11.5. The van der Waals surface area contributed by atoms with Crippen molar-refractivity contribution in [3.63, 3.8) is 0 Å². The van der Waals surface area contributed by atoms with Crippen LogP contribution in [-0.2, 0) is 0 Å². The van der Waals surface area contributed by atoms with Crippen molar-refractivity contribution in [3.8, 4) is 16.9 Å². The first-order valence-corrected chi connectivity index (χ1v) is 14.0. The molecule has 5 rings (SSSR count). The van der Waals surface area contributed by atoms with Crippen molar-refractivity contribution >= 4 is 5.91 Å². The van der Waals surface area contributed by atoms with E-state index in [0.29, 0.717) is 56.4 Å². The van der Waals surface area contributed by atoms with Crippen molar-refractivity contribution < 1.29 is 36.6 Å². The normalized spacial score (nSPS) is 21.9. The number of ether oxygens (including phenoxy) is 1. The Balaban J connectivity index is 1.15. The Bertz CT molecular complexity index is 1210. The topological polar surface area (TPSA) is 53.0 Å². The average Bonchev–Trinajstić information content (AvgIpc) is 3.38. The number of hydrogen-bond donors (Lipinski definition) is 1. The van der Waals surface area contributed by atoms with E-state index >= 15 is 0 Å². The first kappa shape index (κ1) is 28.8. The van der Waals surface area contributed by atoms with Gasteiger partial charge in [0.15, 0.2) is 11.6 Å². The van der Waals surface area contributed by atoms with Crippen LogP contribution in [-0.4, -0.2) is 72.4 Å². The number of piperidine rings is 1. The Labute approximate surface area is 230 Å². The lowest BCUT2D eigenvalue weighted by atomic mass is 9.67. The molecule has 10 heteroatoms. The van der Waals surface area contributed by atoms with E-state index in [1.807, 2.05) is 4.90 Å². The lowest BCUT2D eigenvalue weighted by Crippen LogP contribution is -2.53. The summed E-state index contributed by atoms with van der Waals surface area (Å²) in [6, 6.07) is 8.20. The van der Waals surface area contributed by atoms with E-state index < -0.39 is 29.1 Å². The minimum Gasteiger partial charge on any atom is -0.490 e. The number of carbonyl (C=O) groups is 1. The van der Waals surface area contributed by atoms with Gasteiger partial charge in [-0.05, 0) is 92.9 Å². The average molecular weight is 567 g/mol. The number of hydrogen-bond acceptors (Lipinski definition) is 4. The van der Waals surface area contributed by atoms with Gasteiger partial charge < -0.3 is 19.6 Å². The number of alkyl halides is 3. The predicted molar refractivity (Wildman–Crippen MR) is 140 cm³/mol. The standard InChI is InChI=1S/C30H35F5N2O3/c31-25-15-21(4-6-24(25)28(39)37-12-1-3-23(37)17-38)22-5-7-27(26(32)16-22)40-18-20-8-13-36(14-9-20)19-29(10-2-11-29)30(33,34)35/h4-7,15-16,20,23,38H,1-3,8-14,17-19H2/t23-/m1/s1. The van der Waals surface area contributed by atoms with Crippen LogP contribution in [0.2, 0.25) is 0 Å². The number of carbonyl (C=O) groups excluding carboxylic acids is 1. The van der Waals surface area contributed by atoms with Gasteiger partial charge in [0.05, 0.1) is 30.2 Å². The predicted octanol–water partition coefficient (Wildman–Crippen LogP) is 6.05. The minimum absolute atomic E-state index is 0.0529. The highest BCUT2D eigenvalue weighted by Crippen LogP contribution is 2.53. The van der Waals surface area contributed by atoms with Gasteiger partial charge in [0, 0.05) is 13.1 Å². The molecule has 40 heavy (non-hydrogen) atoms. The van der Waals surface area contributed by atoms with Crippen LogP contribution in [0.15, 0.2) is 36.4 Å². The second-order valence-corrected chi connectivity index (χ2v) is 11.5. The summed E-state index contributed by atoms with van der Waals surface area (Å²) < 4.78 is 76.0. The molecule has 2 aliphatic heterocycles. The van der Waals surface area contributed by atoms with Crippen LogP contribution in [0.25, 0.3) is 11.1 Å². The van der Waals surface area contributed by atoms with E-state index in [0.717, 1.165) is 6.42 Å². The number of rotatable bonds is 8. The zero-order chi connectivity index (χ0) is 28.5. The number of nitrogens with zero attached hydrogens (tertiary/aromatic N) is 2. The smallest absolute Gasteiger partial charge is 0.395 e. The maximum absolute atomic E-state index is 14.9. The van der Waals surface area contributed by atoms with Gasteiger partial charge in [-0.2, -0.15) is 13.2 Å². The summed E-state index contributed by atoms with van der Waals surface area (Å²) in [6.07, 6.45) is -0.330. The van der Waals surface area contributed by atoms with Crippen molar-refractivity contribution in [2.45, 2.75) is 57.2 Å². The van der Waals surface area contributed by atoms with E-state index in [9.17, 15) is 31.9 Å². The molecule has 0 aromatic heterocycles. The van der Waals surface area contributed by atoms with Crippen molar-refractivity contribution in [1.82, 2.24) is 9.80 Å². The molecule has 1 aliphatic carbocycles. The van der Waals surface area contributed by atoms with Crippen LogP contribution in [0.3, 0.4) is 0 Å².